The number of carboxylic acids is 1. The Morgan fingerprint density at radius 3 is 2.50 bits per heavy atom. The molecule has 0 unspecified atom stereocenters. The molecule has 0 aliphatic heterocycles. The highest BCUT2D eigenvalue weighted by Crippen LogP contribution is 2.48. The van der Waals surface area contributed by atoms with E-state index in [4.69, 9.17) is 11.6 Å². The second-order valence-corrected chi connectivity index (χ2v) is 10.5. The van der Waals surface area contributed by atoms with E-state index in [1.165, 1.54) is 41.9 Å². The Hall–Kier alpha value is -2.67. The summed E-state index contributed by atoms with van der Waals surface area (Å²) in [7, 11) is 2.07. The molecule has 1 fully saturated rings. The Kier molecular flexibility index (Phi) is 6.73. The normalized spacial score (nSPS) is 14.6. The van der Waals surface area contributed by atoms with Crippen molar-refractivity contribution in [3.63, 3.8) is 0 Å². The molecule has 0 atom stereocenters. The van der Waals surface area contributed by atoms with Crippen LogP contribution in [0, 0.1) is 0 Å². The van der Waals surface area contributed by atoms with E-state index in [0.717, 1.165) is 39.7 Å². The lowest BCUT2D eigenvalue weighted by Gasteiger charge is -2.23. The summed E-state index contributed by atoms with van der Waals surface area (Å²) in [5.74, 6) is -0.411. The molecule has 0 radical (unpaired) electrons. The van der Waals surface area contributed by atoms with Crippen molar-refractivity contribution >= 4 is 39.1 Å². The molecular weight excluding hydrogens is 466 g/mol. The van der Waals surface area contributed by atoms with Gasteiger partial charge in [0, 0.05) is 43.1 Å². The molecule has 7 heteroatoms. The second kappa shape index (κ2) is 9.90. The molecule has 3 heterocycles. The maximum Gasteiger partial charge on any atom is 0.346 e. The van der Waals surface area contributed by atoms with Gasteiger partial charge in [0.15, 0.2) is 0 Å². The van der Waals surface area contributed by atoms with E-state index < -0.39 is 5.97 Å². The minimum Gasteiger partial charge on any atom is -0.477 e. The third kappa shape index (κ3) is 4.38. The summed E-state index contributed by atoms with van der Waals surface area (Å²) in [6, 6.07) is 12.0. The molecule has 5 nitrogen and oxygen atoms in total. The van der Waals surface area contributed by atoms with E-state index in [1.807, 2.05) is 24.3 Å². The average Bonchev–Trinajstić information content (AvgIpc) is 3.36. The van der Waals surface area contributed by atoms with Gasteiger partial charge in [-0.05, 0) is 59.7 Å². The number of aromatic carboxylic acids is 1. The summed E-state index contributed by atoms with van der Waals surface area (Å²) < 4.78 is 3.34. The van der Waals surface area contributed by atoms with Crippen LogP contribution in [0.25, 0.3) is 21.5 Å². The predicted molar refractivity (Wildman–Crippen MR) is 139 cm³/mol. The van der Waals surface area contributed by atoms with Gasteiger partial charge in [-0.15, -0.1) is 11.3 Å². The highest BCUT2D eigenvalue weighted by molar-refractivity contribution is 7.21. The van der Waals surface area contributed by atoms with Crippen LogP contribution in [0.1, 0.15) is 64.4 Å². The summed E-state index contributed by atoms with van der Waals surface area (Å²) >= 11 is 7.63. The van der Waals surface area contributed by atoms with Gasteiger partial charge in [-0.25, -0.2) is 4.79 Å². The lowest BCUT2D eigenvalue weighted by molar-refractivity contribution is 0.0701. The van der Waals surface area contributed by atoms with Crippen LogP contribution in [0.15, 0.2) is 48.8 Å². The molecule has 1 aliphatic carbocycles. The van der Waals surface area contributed by atoms with Gasteiger partial charge in [0.25, 0.3) is 0 Å². The first-order chi connectivity index (χ1) is 16.5. The monoisotopic (exact) mass is 493 g/mol. The molecule has 2 N–H and O–H groups in total. The summed E-state index contributed by atoms with van der Waals surface area (Å²) in [6.45, 7) is 1.15. The highest BCUT2D eigenvalue weighted by Gasteiger charge is 2.30. The second-order valence-electron chi connectivity index (χ2n) is 9.01. The maximum absolute atomic E-state index is 12.3. The Bertz CT molecular complexity index is 1310. The standard InChI is InChI=1S/C27H28ClN3O2S/c1-31-23(19-7-9-20(28)10-8-19)22(18-5-3-2-4-6-18)26-24(31)21(25(34-26)27(32)33)16-30-15-17-11-13-29-14-12-17/h7-14,18,30H,2-6,15-16H2,1H3,(H,32,33). The number of halogens is 1. The van der Waals surface area contributed by atoms with E-state index in [9.17, 15) is 9.90 Å². The Labute approximate surface area is 208 Å². The third-order valence-electron chi connectivity index (χ3n) is 6.86. The molecule has 34 heavy (non-hydrogen) atoms. The van der Waals surface area contributed by atoms with Crippen molar-refractivity contribution in [1.29, 1.82) is 0 Å². The van der Waals surface area contributed by atoms with Crippen molar-refractivity contribution in [2.45, 2.75) is 51.1 Å². The molecule has 1 aromatic carbocycles. The number of rotatable bonds is 7. The van der Waals surface area contributed by atoms with E-state index in [2.05, 4.69) is 34.0 Å². The number of aromatic nitrogens is 2. The molecule has 0 spiro atoms. The highest BCUT2D eigenvalue weighted by atomic mass is 35.5. The zero-order valence-electron chi connectivity index (χ0n) is 19.2. The van der Waals surface area contributed by atoms with Gasteiger partial charge >= 0.3 is 5.97 Å². The summed E-state index contributed by atoms with van der Waals surface area (Å²) in [4.78, 5) is 16.8. The van der Waals surface area contributed by atoms with Gasteiger partial charge in [-0.3, -0.25) is 4.98 Å². The molecule has 176 valence electrons. The van der Waals surface area contributed by atoms with Crippen molar-refractivity contribution < 1.29 is 9.90 Å². The van der Waals surface area contributed by atoms with Gasteiger partial charge < -0.3 is 15.0 Å². The van der Waals surface area contributed by atoms with Crippen LogP contribution in [0.2, 0.25) is 5.02 Å². The number of thiophene rings is 1. The fraction of sp³-hybridized carbons (Fsp3) is 0.333. The van der Waals surface area contributed by atoms with Crippen molar-refractivity contribution in [2.24, 2.45) is 7.05 Å². The number of pyridine rings is 1. The van der Waals surface area contributed by atoms with Crippen molar-refractivity contribution in [1.82, 2.24) is 14.9 Å². The molecule has 1 saturated carbocycles. The largest absolute Gasteiger partial charge is 0.477 e. The maximum atomic E-state index is 12.3. The number of hydrogen-bond acceptors (Lipinski definition) is 4. The Balaban J connectivity index is 1.63. The van der Waals surface area contributed by atoms with Crippen LogP contribution in [0.5, 0.6) is 0 Å². The quantitative estimate of drug-likeness (QED) is 0.291. The van der Waals surface area contributed by atoms with Crippen molar-refractivity contribution in [3.05, 3.63) is 75.4 Å². The van der Waals surface area contributed by atoms with Crippen LogP contribution >= 0.6 is 22.9 Å². The number of aryl methyl sites for hydroxylation is 1. The molecular formula is C27H28ClN3O2S. The molecule has 3 aromatic heterocycles. The SMILES string of the molecule is Cn1c(-c2ccc(Cl)cc2)c(C2CCCCC2)c2sc(C(=O)O)c(CNCc3ccncc3)c21. The molecule has 0 amide bonds. The first-order valence-electron chi connectivity index (χ1n) is 11.8. The first kappa shape index (κ1) is 23.1. The van der Waals surface area contributed by atoms with Crippen LogP contribution < -0.4 is 5.32 Å². The Morgan fingerprint density at radius 1 is 1.12 bits per heavy atom. The molecule has 1 aliphatic rings. The topological polar surface area (TPSA) is 67.2 Å². The average molecular weight is 494 g/mol. The fourth-order valence-electron chi connectivity index (χ4n) is 5.29. The smallest absolute Gasteiger partial charge is 0.346 e. The van der Waals surface area contributed by atoms with Gasteiger partial charge in [0.2, 0.25) is 0 Å². The third-order valence-corrected chi connectivity index (χ3v) is 8.35. The zero-order chi connectivity index (χ0) is 23.7. The van der Waals surface area contributed by atoms with Gasteiger partial charge in [0.1, 0.15) is 4.88 Å². The summed E-state index contributed by atoms with van der Waals surface area (Å²) in [5.41, 5.74) is 6.65. The lowest BCUT2D eigenvalue weighted by atomic mass is 9.83. The molecule has 5 rings (SSSR count). The fourth-order valence-corrected chi connectivity index (χ4v) is 6.73. The van der Waals surface area contributed by atoms with E-state index in [0.29, 0.717) is 28.9 Å². The number of nitrogens with one attached hydrogen (secondary N) is 1. The number of carboxylic acid groups (broad SMARTS) is 1. The zero-order valence-corrected chi connectivity index (χ0v) is 20.8. The number of benzene rings is 1. The molecule has 0 saturated heterocycles. The molecule has 0 bridgehead atoms. The minimum absolute atomic E-state index is 0.433. The summed E-state index contributed by atoms with van der Waals surface area (Å²) in [6.07, 6.45) is 9.56. The number of nitrogens with zero attached hydrogens (tertiary/aromatic N) is 2. The number of hydrogen-bond donors (Lipinski definition) is 2. The summed E-state index contributed by atoms with van der Waals surface area (Å²) in [5, 5.41) is 14.2. The molecule has 4 aromatic rings. The van der Waals surface area contributed by atoms with Crippen LogP contribution in [0.4, 0.5) is 0 Å². The number of fused-ring (bicyclic) bond motifs is 1. The van der Waals surface area contributed by atoms with E-state index >= 15 is 0 Å². The van der Waals surface area contributed by atoms with Crippen LogP contribution in [0.3, 0.4) is 0 Å². The Morgan fingerprint density at radius 2 is 1.82 bits per heavy atom. The van der Waals surface area contributed by atoms with Gasteiger partial charge in [-0.1, -0.05) is 43.0 Å². The van der Waals surface area contributed by atoms with E-state index in [-0.39, 0.29) is 0 Å². The first-order valence-corrected chi connectivity index (χ1v) is 13.0. The minimum atomic E-state index is -0.857. The van der Waals surface area contributed by atoms with Crippen molar-refractivity contribution in [3.8, 4) is 11.3 Å². The van der Waals surface area contributed by atoms with Crippen LogP contribution in [-0.2, 0) is 20.1 Å². The predicted octanol–water partition coefficient (Wildman–Crippen LogP) is 6.99. The van der Waals surface area contributed by atoms with Crippen molar-refractivity contribution in [2.75, 3.05) is 0 Å². The lowest BCUT2D eigenvalue weighted by Crippen LogP contribution is -2.15. The number of carbonyl (C=O) groups is 1. The van der Waals surface area contributed by atoms with Crippen LogP contribution in [-0.4, -0.2) is 20.6 Å². The van der Waals surface area contributed by atoms with Gasteiger partial charge in [-0.2, -0.15) is 0 Å². The van der Waals surface area contributed by atoms with Gasteiger partial charge in [0.05, 0.1) is 15.9 Å². The van der Waals surface area contributed by atoms with E-state index in [1.54, 1.807) is 12.4 Å².